The third-order valence-electron chi connectivity index (χ3n) is 3.24. The summed E-state index contributed by atoms with van der Waals surface area (Å²) in [6, 6.07) is 18.7. The molecule has 1 amide bonds. The Labute approximate surface area is 105 Å². The van der Waals surface area contributed by atoms with Crippen molar-refractivity contribution in [3.63, 3.8) is 0 Å². The largest absolute Gasteiger partial charge is 0.381 e. The number of rotatable bonds is 2. The molecule has 3 heteroatoms. The van der Waals surface area contributed by atoms with Crippen LogP contribution in [0.5, 0.6) is 0 Å². The maximum absolute atomic E-state index is 11.8. The number of hydrogen-bond acceptors (Lipinski definition) is 2. The van der Waals surface area contributed by atoms with Gasteiger partial charge in [0, 0.05) is 5.69 Å². The number of β-lactam (4-membered cyclic amide) rings is 1. The van der Waals surface area contributed by atoms with Crippen LogP contribution in [0.25, 0.3) is 0 Å². The van der Waals surface area contributed by atoms with Crippen molar-refractivity contribution in [1.29, 1.82) is 0 Å². The molecule has 1 heterocycles. The number of para-hydroxylation sites is 1. The summed E-state index contributed by atoms with van der Waals surface area (Å²) in [6.07, 6.45) is -0.937. The topological polar surface area (TPSA) is 40.5 Å². The van der Waals surface area contributed by atoms with Crippen LogP contribution in [0.2, 0.25) is 0 Å². The summed E-state index contributed by atoms with van der Waals surface area (Å²) >= 11 is 0. The summed E-state index contributed by atoms with van der Waals surface area (Å²) in [5.74, 6) is -0.241. The van der Waals surface area contributed by atoms with Gasteiger partial charge in [0.25, 0.3) is 5.91 Å². The van der Waals surface area contributed by atoms with Gasteiger partial charge in [-0.25, -0.2) is 0 Å². The number of hydrogen-bond donors (Lipinski definition) is 1. The predicted octanol–water partition coefficient (Wildman–Crippen LogP) is 2.14. The molecule has 2 unspecified atom stereocenters. The molecule has 0 radical (unpaired) electrons. The van der Waals surface area contributed by atoms with Gasteiger partial charge in [0.2, 0.25) is 0 Å². The Kier molecular flexibility index (Phi) is 2.61. The van der Waals surface area contributed by atoms with Crippen LogP contribution < -0.4 is 4.90 Å². The molecule has 0 aromatic heterocycles. The molecule has 0 bridgehead atoms. The highest BCUT2D eigenvalue weighted by atomic mass is 16.3. The second-order valence-corrected chi connectivity index (χ2v) is 4.34. The van der Waals surface area contributed by atoms with Crippen LogP contribution in [0.15, 0.2) is 60.7 Å². The zero-order chi connectivity index (χ0) is 12.5. The van der Waals surface area contributed by atoms with Crippen molar-refractivity contribution in [3.8, 4) is 0 Å². The minimum atomic E-state index is -0.937. The van der Waals surface area contributed by atoms with Crippen LogP contribution in [0.1, 0.15) is 11.6 Å². The van der Waals surface area contributed by atoms with Crippen molar-refractivity contribution in [3.05, 3.63) is 66.2 Å². The fraction of sp³-hybridized carbons (Fsp3) is 0.133. The SMILES string of the molecule is O=C1C(O)C(c2ccccc2)N1c1ccccc1. The molecule has 90 valence electrons. The number of aliphatic hydroxyl groups excluding tert-OH is 1. The van der Waals surface area contributed by atoms with Crippen molar-refractivity contribution in [2.75, 3.05) is 4.90 Å². The summed E-state index contributed by atoms with van der Waals surface area (Å²) in [6.45, 7) is 0. The molecule has 3 nitrogen and oxygen atoms in total. The van der Waals surface area contributed by atoms with E-state index in [0.29, 0.717) is 0 Å². The first-order valence-corrected chi connectivity index (χ1v) is 5.90. The van der Waals surface area contributed by atoms with Gasteiger partial charge < -0.3 is 5.11 Å². The summed E-state index contributed by atoms with van der Waals surface area (Å²) in [4.78, 5) is 13.5. The lowest BCUT2D eigenvalue weighted by Crippen LogP contribution is -2.59. The third-order valence-corrected chi connectivity index (χ3v) is 3.24. The minimum Gasteiger partial charge on any atom is -0.381 e. The maximum atomic E-state index is 11.8. The van der Waals surface area contributed by atoms with Gasteiger partial charge in [-0.1, -0.05) is 48.5 Å². The number of anilines is 1. The number of aliphatic hydroxyl groups is 1. The van der Waals surface area contributed by atoms with E-state index < -0.39 is 6.10 Å². The molecule has 1 saturated heterocycles. The molecule has 2 aromatic carbocycles. The molecule has 1 aliphatic rings. The Balaban J connectivity index is 1.97. The standard InChI is InChI=1S/C15H13NO2/c17-14-13(11-7-3-1-4-8-11)16(15(14)18)12-9-5-2-6-10-12/h1-10,13-14,17H. The second kappa shape index (κ2) is 4.27. The van der Waals surface area contributed by atoms with E-state index in [9.17, 15) is 9.90 Å². The molecular formula is C15H13NO2. The Morgan fingerprint density at radius 2 is 1.44 bits per heavy atom. The lowest BCUT2D eigenvalue weighted by molar-refractivity contribution is -0.137. The van der Waals surface area contributed by atoms with Gasteiger partial charge in [-0.2, -0.15) is 0 Å². The van der Waals surface area contributed by atoms with E-state index in [1.165, 1.54) is 0 Å². The zero-order valence-electron chi connectivity index (χ0n) is 9.73. The van der Waals surface area contributed by atoms with Gasteiger partial charge in [-0.05, 0) is 17.7 Å². The van der Waals surface area contributed by atoms with Crippen LogP contribution in [0.4, 0.5) is 5.69 Å². The average molecular weight is 239 g/mol. The Morgan fingerprint density at radius 1 is 0.889 bits per heavy atom. The molecule has 1 aliphatic heterocycles. The van der Waals surface area contributed by atoms with Gasteiger partial charge in [-0.3, -0.25) is 9.69 Å². The van der Waals surface area contributed by atoms with Crippen molar-refractivity contribution in [2.24, 2.45) is 0 Å². The summed E-state index contributed by atoms with van der Waals surface area (Å²) in [5.41, 5.74) is 1.77. The first kappa shape index (κ1) is 11.0. The van der Waals surface area contributed by atoms with Crippen molar-refractivity contribution < 1.29 is 9.90 Å². The second-order valence-electron chi connectivity index (χ2n) is 4.34. The minimum absolute atomic E-state index is 0.241. The molecule has 2 atom stereocenters. The van der Waals surface area contributed by atoms with Crippen LogP contribution in [-0.2, 0) is 4.79 Å². The van der Waals surface area contributed by atoms with Crippen LogP contribution >= 0.6 is 0 Å². The fourth-order valence-corrected chi connectivity index (χ4v) is 2.33. The third kappa shape index (κ3) is 1.60. The number of benzene rings is 2. The molecule has 0 saturated carbocycles. The van der Waals surface area contributed by atoms with E-state index in [1.807, 2.05) is 60.7 Å². The average Bonchev–Trinajstić information content (AvgIpc) is 2.45. The smallest absolute Gasteiger partial charge is 0.259 e. The predicted molar refractivity (Wildman–Crippen MR) is 69.1 cm³/mol. The van der Waals surface area contributed by atoms with E-state index in [0.717, 1.165) is 11.3 Å². The van der Waals surface area contributed by atoms with Crippen LogP contribution in [-0.4, -0.2) is 17.1 Å². The van der Waals surface area contributed by atoms with Crippen molar-refractivity contribution in [1.82, 2.24) is 0 Å². The summed E-state index contributed by atoms with van der Waals surface area (Å²) < 4.78 is 0. The molecular weight excluding hydrogens is 226 g/mol. The first-order chi connectivity index (χ1) is 8.79. The highest BCUT2D eigenvalue weighted by Crippen LogP contribution is 2.38. The van der Waals surface area contributed by atoms with Crippen LogP contribution in [0, 0.1) is 0 Å². The number of amides is 1. The first-order valence-electron chi connectivity index (χ1n) is 5.90. The van der Waals surface area contributed by atoms with Crippen LogP contribution in [0.3, 0.4) is 0 Å². The normalized spacial score (nSPS) is 22.7. The van der Waals surface area contributed by atoms with Gasteiger partial charge in [-0.15, -0.1) is 0 Å². The van der Waals surface area contributed by atoms with Gasteiger partial charge in [0.1, 0.15) is 0 Å². The molecule has 1 fully saturated rings. The molecule has 18 heavy (non-hydrogen) atoms. The molecule has 0 spiro atoms. The Bertz CT molecular complexity index is 553. The monoisotopic (exact) mass is 239 g/mol. The van der Waals surface area contributed by atoms with E-state index in [4.69, 9.17) is 0 Å². The van der Waals surface area contributed by atoms with Gasteiger partial charge in [0.15, 0.2) is 6.10 Å². The van der Waals surface area contributed by atoms with Crippen molar-refractivity contribution in [2.45, 2.75) is 12.1 Å². The summed E-state index contributed by atoms with van der Waals surface area (Å²) in [7, 11) is 0. The zero-order valence-corrected chi connectivity index (χ0v) is 9.73. The number of carbonyl (C=O) groups is 1. The van der Waals surface area contributed by atoms with Gasteiger partial charge >= 0.3 is 0 Å². The molecule has 3 rings (SSSR count). The van der Waals surface area contributed by atoms with E-state index in [2.05, 4.69) is 0 Å². The van der Waals surface area contributed by atoms with E-state index in [1.54, 1.807) is 4.90 Å². The Hall–Kier alpha value is -2.13. The fourth-order valence-electron chi connectivity index (χ4n) is 2.33. The quantitative estimate of drug-likeness (QED) is 0.816. The molecule has 2 aromatic rings. The highest BCUT2D eigenvalue weighted by molar-refractivity contribution is 6.04. The summed E-state index contributed by atoms with van der Waals surface area (Å²) in [5, 5.41) is 9.87. The van der Waals surface area contributed by atoms with E-state index in [-0.39, 0.29) is 11.9 Å². The lowest BCUT2D eigenvalue weighted by Gasteiger charge is -2.44. The lowest BCUT2D eigenvalue weighted by atomic mass is 9.90. The molecule has 0 aliphatic carbocycles. The molecule has 1 N–H and O–H groups in total. The van der Waals surface area contributed by atoms with Gasteiger partial charge in [0.05, 0.1) is 6.04 Å². The van der Waals surface area contributed by atoms with Crippen molar-refractivity contribution >= 4 is 11.6 Å². The highest BCUT2D eigenvalue weighted by Gasteiger charge is 2.47. The van der Waals surface area contributed by atoms with E-state index >= 15 is 0 Å². The number of carbonyl (C=O) groups excluding carboxylic acids is 1. The Morgan fingerprint density at radius 3 is 2.06 bits per heavy atom. The number of nitrogens with zero attached hydrogens (tertiary/aromatic N) is 1. The maximum Gasteiger partial charge on any atom is 0.259 e.